The third-order valence-corrected chi connectivity index (χ3v) is 4.09. The van der Waals surface area contributed by atoms with Gasteiger partial charge in [0, 0.05) is 34.9 Å². The lowest BCUT2D eigenvalue weighted by Crippen LogP contribution is -2.33. The van der Waals surface area contributed by atoms with E-state index in [9.17, 15) is 0 Å². The highest BCUT2D eigenvalue weighted by Crippen LogP contribution is 2.49. The minimum absolute atomic E-state index is 0.707. The zero-order chi connectivity index (χ0) is 6.32. The highest BCUT2D eigenvalue weighted by Gasteiger charge is 2.47. The number of nitrogens with zero attached hydrogens (tertiary/aromatic N) is 1. The fraction of sp³-hybridized carbons (Fsp3) is 1.00. The lowest BCUT2D eigenvalue weighted by atomic mass is 10.0. The topological polar surface area (TPSA) is 3.24 Å². The zero-order valence-corrected chi connectivity index (χ0v) is 7.73. The maximum atomic E-state index is 2.54. The van der Waals surface area contributed by atoms with Crippen molar-refractivity contribution in [3.63, 3.8) is 0 Å². The molecule has 0 aromatic carbocycles. The third-order valence-electron chi connectivity index (χ3n) is 2.59. The van der Waals surface area contributed by atoms with Crippen LogP contribution in [0.4, 0.5) is 0 Å². The maximum Gasteiger partial charge on any atom is 0.0306 e. The molecule has 2 rings (SSSR count). The van der Waals surface area contributed by atoms with Crippen LogP contribution in [0.1, 0.15) is 32.1 Å². The van der Waals surface area contributed by atoms with E-state index in [4.69, 9.17) is 0 Å². The van der Waals surface area contributed by atoms with E-state index in [1.165, 1.54) is 38.6 Å². The zero-order valence-electron chi connectivity index (χ0n) is 5.57. The molecule has 52 valence electrons. The number of rotatable bonds is 0. The summed E-state index contributed by atoms with van der Waals surface area (Å²) in [4.78, 5) is 0. The molecular formula is C7H12IN. The van der Waals surface area contributed by atoms with E-state index in [2.05, 4.69) is 26.0 Å². The molecule has 2 fully saturated rings. The van der Waals surface area contributed by atoms with Gasteiger partial charge in [0.15, 0.2) is 0 Å². The summed E-state index contributed by atoms with van der Waals surface area (Å²) in [5, 5.41) is 0. The molecule has 1 saturated heterocycles. The van der Waals surface area contributed by atoms with Crippen LogP contribution in [0.15, 0.2) is 0 Å². The Hall–Kier alpha value is 0.690. The molecule has 0 amide bonds. The number of halogens is 1. The number of hydrogen-bond acceptors (Lipinski definition) is 1. The van der Waals surface area contributed by atoms with Crippen LogP contribution in [0.2, 0.25) is 0 Å². The van der Waals surface area contributed by atoms with Crippen molar-refractivity contribution in [2.24, 2.45) is 0 Å². The molecular weight excluding hydrogens is 225 g/mol. The van der Waals surface area contributed by atoms with Crippen molar-refractivity contribution in [2.75, 3.05) is 6.54 Å². The average molecular weight is 237 g/mol. The Morgan fingerprint density at radius 1 is 1.11 bits per heavy atom. The maximum absolute atomic E-state index is 2.54. The van der Waals surface area contributed by atoms with Gasteiger partial charge < -0.3 is 0 Å². The Morgan fingerprint density at radius 3 is 2.33 bits per heavy atom. The van der Waals surface area contributed by atoms with Gasteiger partial charge in [0.2, 0.25) is 0 Å². The molecule has 1 aliphatic heterocycles. The number of piperidine rings is 1. The Kier molecular flexibility index (Phi) is 1.49. The van der Waals surface area contributed by atoms with Crippen molar-refractivity contribution in [2.45, 2.75) is 37.6 Å². The molecule has 0 unspecified atom stereocenters. The molecule has 9 heavy (non-hydrogen) atoms. The SMILES string of the molecule is IN1CCCCC12CC2. The van der Waals surface area contributed by atoms with Crippen molar-refractivity contribution in [1.29, 1.82) is 0 Å². The van der Waals surface area contributed by atoms with Crippen molar-refractivity contribution in [3.05, 3.63) is 0 Å². The van der Waals surface area contributed by atoms with Gasteiger partial charge in [-0.2, -0.15) is 0 Å². The molecule has 1 aliphatic carbocycles. The van der Waals surface area contributed by atoms with Crippen molar-refractivity contribution in [1.82, 2.24) is 3.11 Å². The Labute approximate surface area is 70.3 Å². The van der Waals surface area contributed by atoms with Gasteiger partial charge in [-0.3, -0.25) is 0 Å². The van der Waals surface area contributed by atoms with Crippen LogP contribution < -0.4 is 0 Å². The van der Waals surface area contributed by atoms with Crippen LogP contribution in [-0.4, -0.2) is 15.2 Å². The molecule has 1 nitrogen and oxygen atoms in total. The van der Waals surface area contributed by atoms with Gasteiger partial charge in [-0.25, -0.2) is 3.11 Å². The second kappa shape index (κ2) is 2.09. The van der Waals surface area contributed by atoms with Crippen molar-refractivity contribution in [3.8, 4) is 0 Å². The first-order chi connectivity index (χ1) is 4.33. The lowest BCUT2D eigenvalue weighted by molar-refractivity contribution is 0.278. The van der Waals surface area contributed by atoms with E-state index in [0.717, 1.165) is 0 Å². The summed E-state index contributed by atoms with van der Waals surface area (Å²) in [6.07, 6.45) is 7.30. The highest BCUT2D eigenvalue weighted by atomic mass is 127. The first-order valence-corrected chi connectivity index (χ1v) is 4.73. The molecule has 1 heterocycles. The fourth-order valence-electron chi connectivity index (χ4n) is 1.70. The normalized spacial score (nSPS) is 33.0. The molecule has 1 saturated carbocycles. The summed E-state index contributed by atoms with van der Waals surface area (Å²) in [6.45, 7) is 1.33. The van der Waals surface area contributed by atoms with Crippen molar-refractivity contribution >= 4 is 22.9 Å². The monoisotopic (exact) mass is 237 g/mol. The average Bonchev–Trinajstić information content (AvgIpc) is 2.60. The van der Waals surface area contributed by atoms with Gasteiger partial charge >= 0.3 is 0 Å². The van der Waals surface area contributed by atoms with Crippen LogP contribution in [0.25, 0.3) is 0 Å². The van der Waals surface area contributed by atoms with Gasteiger partial charge in [-0.15, -0.1) is 0 Å². The molecule has 2 aliphatic rings. The van der Waals surface area contributed by atoms with Gasteiger partial charge in [-0.05, 0) is 25.7 Å². The van der Waals surface area contributed by atoms with E-state index in [1.54, 1.807) is 0 Å². The first-order valence-electron chi connectivity index (χ1n) is 3.77. The van der Waals surface area contributed by atoms with Gasteiger partial charge in [-0.1, -0.05) is 6.42 Å². The molecule has 0 aromatic heterocycles. The molecule has 0 atom stereocenters. The molecule has 1 spiro atoms. The molecule has 0 N–H and O–H groups in total. The van der Waals surface area contributed by atoms with Crippen LogP contribution in [-0.2, 0) is 0 Å². The molecule has 0 radical (unpaired) electrons. The molecule has 2 heteroatoms. The first kappa shape index (κ1) is 6.40. The summed E-state index contributed by atoms with van der Waals surface area (Å²) in [5.74, 6) is 0. The van der Waals surface area contributed by atoms with E-state index >= 15 is 0 Å². The van der Waals surface area contributed by atoms with Crippen LogP contribution in [0.3, 0.4) is 0 Å². The fourth-order valence-corrected chi connectivity index (χ4v) is 2.76. The highest BCUT2D eigenvalue weighted by molar-refractivity contribution is 14.1. The standard InChI is InChI=1S/C7H12IN/c8-9-6-2-1-3-7(9)4-5-7/h1-6H2. The largest absolute Gasteiger partial charge is 0.241 e. The Morgan fingerprint density at radius 2 is 1.89 bits per heavy atom. The van der Waals surface area contributed by atoms with Crippen molar-refractivity contribution < 1.29 is 0 Å². The third kappa shape index (κ3) is 1.00. The van der Waals surface area contributed by atoms with Gasteiger partial charge in [0.25, 0.3) is 0 Å². The molecule has 0 bridgehead atoms. The minimum Gasteiger partial charge on any atom is -0.241 e. The summed E-state index contributed by atoms with van der Waals surface area (Å²) in [5.41, 5.74) is 0.707. The Balaban J connectivity index is 2.03. The second-order valence-corrected chi connectivity index (χ2v) is 4.43. The van der Waals surface area contributed by atoms with E-state index < -0.39 is 0 Å². The number of hydrogen-bond donors (Lipinski definition) is 0. The van der Waals surface area contributed by atoms with E-state index in [1.807, 2.05) is 0 Å². The summed E-state index contributed by atoms with van der Waals surface area (Å²) in [7, 11) is 0. The predicted molar refractivity (Wildman–Crippen MR) is 46.5 cm³/mol. The minimum atomic E-state index is 0.707. The summed E-state index contributed by atoms with van der Waals surface area (Å²) < 4.78 is 2.54. The molecule has 0 aromatic rings. The second-order valence-electron chi connectivity index (χ2n) is 3.27. The lowest BCUT2D eigenvalue weighted by Gasteiger charge is -2.30. The van der Waals surface area contributed by atoms with Gasteiger partial charge in [0.1, 0.15) is 0 Å². The smallest absolute Gasteiger partial charge is 0.0306 e. The van der Waals surface area contributed by atoms with Crippen LogP contribution in [0.5, 0.6) is 0 Å². The predicted octanol–water partition coefficient (Wildman–Crippen LogP) is 2.35. The Bertz CT molecular complexity index is 120. The van der Waals surface area contributed by atoms with Gasteiger partial charge in [0.05, 0.1) is 0 Å². The summed E-state index contributed by atoms with van der Waals surface area (Å²) >= 11 is 2.50. The van der Waals surface area contributed by atoms with E-state index in [0.29, 0.717) is 5.54 Å². The quantitative estimate of drug-likeness (QED) is 0.461. The van der Waals surface area contributed by atoms with Crippen LogP contribution >= 0.6 is 22.9 Å². The van der Waals surface area contributed by atoms with Crippen LogP contribution in [0, 0.1) is 0 Å². The summed E-state index contributed by atoms with van der Waals surface area (Å²) in [6, 6.07) is 0. The van der Waals surface area contributed by atoms with E-state index in [-0.39, 0.29) is 0 Å².